The molecule has 2 aromatic heterocycles. The molecule has 30 heavy (non-hydrogen) atoms. The van der Waals surface area contributed by atoms with Crippen molar-refractivity contribution in [1.29, 1.82) is 0 Å². The molecule has 10 heteroatoms. The van der Waals surface area contributed by atoms with E-state index in [1.54, 1.807) is 18.2 Å². The molecule has 0 aliphatic carbocycles. The normalized spacial score (nSPS) is 15.3. The molecule has 0 atom stereocenters. The van der Waals surface area contributed by atoms with Gasteiger partial charge in [0, 0.05) is 41.7 Å². The molecule has 8 nitrogen and oxygen atoms in total. The van der Waals surface area contributed by atoms with E-state index in [0.29, 0.717) is 39.9 Å². The smallest absolute Gasteiger partial charge is 0.323 e. The number of nitrogens with one attached hydrogen (secondary N) is 3. The minimum absolute atomic E-state index is 0.0368. The van der Waals surface area contributed by atoms with Gasteiger partial charge >= 0.3 is 5.69 Å². The van der Waals surface area contributed by atoms with Crippen molar-refractivity contribution < 1.29 is 4.79 Å². The van der Waals surface area contributed by atoms with Gasteiger partial charge in [0.05, 0.1) is 22.1 Å². The Balaban J connectivity index is 1.53. The van der Waals surface area contributed by atoms with E-state index in [4.69, 9.17) is 11.6 Å². The molecule has 1 aliphatic heterocycles. The Morgan fingerprint density at radius 3 is 2.67 bits per heavy atom. The van der Waals surface area contributed by atoms with Crippen molar-refractivity contribution in [1.82, 2.24) is 29.7 Å². The van der Waals surface area contributed by atoms with Crippen LogP contribution in [0.25, 0.3) is 22.1 Å². The number of carbonyl (C=O) groups is 1. The van der Waals surface area contributed by atoms with E-state index in [9.17, 15) is 9.59 Å². The zero-order valence-corrected chi connectivity index (χ0v) is 17.7. The van der Waals surface area contributed by atoms with Crippen LogP contribution in [0.15, 0.2) is 45.2 Å². The van der Waals surface area contributed by atoms with Crippen LogP contribution in [0.1, 0.15) is 10.4 Å². The number of H-pyrrole nitrogens is 3. The van der Waals surface area contributed by atoms with Crippen LogP contribution in [0, 0.1) is 0 Å². The topological polar surface area (TPSA) is 101 Å². The fraction of sp³-hybridized carbons (Fsp3) is 0.250. The SMILES string of the molecule is CN1CCN(C(=O)c2cc(Sc3nc4cc(Cl)ccc4[nH]3)c3[nH]c(=O)[nH]c3c2)CC1. The standard InChI is InChI=1S/C20H19ClN6O2S/c1-26-4-6-27(7-5-26)18(28)11-8-15-17(25-19(29)22-15)16(9-11)30-20-23-13-3-2-12(21)10-14(13)24-20/h2-3,8-10H,4-7H2,1H3,(H,23,24)(H2,22,25,29). The first-order valence-electron chi connectivity index (χ1n) is 9.53. The number of halogens is 1. The summed E-state index contributed by atoms with van der Waals surface area (Å²) >= 11 is 7.42. The number of amides is 1. The number of hydrogen-bond donors (Lipinski definition) is 3. The van der Waals surface area contributed by atoms with Crippen LogP contribution in [-0.4, -0.2) is 68.9 Å². The van der Waals surface area contributed by atoms with Crippen molar-refractivity contribution in [3.8, 4) is 0 Å². The number of likely N-dealkylation sites (N-methyl/N-ethyl adjacent to an activating group) is 1. The van der Waals surface area contributed by atoms with E-state index >= 15 is 0 Å². The number of aromatic amines is 3. The molecule has 0 radical (unpaired) electrons. The van der Waals surface area contributed by atoms with Crippen molar-refractivity contribution in [2.75, 3.05) is 33.2 Å². The van der Waals surface area contributed by atoms with Gasteiger partial charge in [-0.2, -0.15) is 0 Å². The quantitative estimate of drug-likeness (QED) is 0.453. The second-order valence-electron chi connectivity index (χ2n) is 7.38. The predicted molar refractivity (Wildman–Crippen MR) is 118 cm³/mol. The first-order chi connectivity index (χ1) is 14.5. The maximum Gasteiger partial charge on any atom is 0.323 e. The van der Waals surface area contributed by atoms with E-state index in [2.05, 4.69) is 24.8 Å². The van der Waals surface area contributed by atoms with Crippen LogP contribution >= 0.6 is 23.4 Å². The summed E-state index contributed by atoms with van der Waals surface area (Å²) in [7, 11) is 2.05. The fourth-order valence-corrected chi connectivity index (χ4v) is 4.74. The second kappa shape index (κ2) is 7.50. The minimum Gasteiger partial charge on any atom is -0.336 e. The van der Waals surface area contributed by atoms with Gasteiger partial charge in [-0.3, -0.25) is 4.79 Å². The lowest BCUT2D eigenvalue weighted by molar-refractivity contribution is 0.0664. The van der Waals surface area contributed by atoms with Gasteiger partial charge in [0.1, 0.15) is 0 Å². The summed E-state index contributed by atoms with van der Waals surface area (Å²) in [6.07, 6.45) is 0. The highest BCUT2D eigenvalue weighted by molar-refractivity contribution is 7.99. The second-order valence-corrected chi connectivity index (χ2v) is 8.84. The number of carbonyl (C=O) groups excluding carboxylic acids is 1. The van der Waals surface area contributed by atoms with Gasteiger partial charge in [-0.25, -0.2) is 9.78 Å². The Morgan fingerprint density at radius 1 is 1.07 bits per heavy atom. The molecule has 1 amide bonds. The highest BCUT2D eigenvalue weighted by Crippen LogP contribution is 2.33. The first-order valence-corrected chi connectivity index (χ1v) is 10.7. The zero-order chi connectivity index (χ0) is 20.8. The summed E-state index contributed by atoms with van der Waals surface area (Å²) < 4.78 is 0. The number of hydrogen-bond acceptors (Lipinski definition) is 5. The lowest BCUT2D eigenvalue weighted by atomic mass is 10.1. The number of imidazole rings is 2. The largest absolute Gasteiger partial charge is 0.336 e. The first kappa shape index (κ1) is 19.2. The molecule has 1 saturated heterocycles. The Hall–Kier alpha value is -2.75. The molecule has 0 bridgehead atoms. The van der Waals surface area contributed by atoms with Gasteiger partial charge in [-0.05, 0) is 49.1 Å². The van der Waals surface area contributed by atoms with Gasteiger partial charge in [0.15, 0.2) is 5.16 Å². The lowest BCUT2D eigenvalue weighted by Crippen LogP contribution is -2.47. The number of benzene rings is 2. The van der Waals surface area contributed by atoms with Crippen molar-refractivity contribution >= 4 is 51.3 Å². The number of fused-ring (bicyclic) bond motifs is 2. The van der Waals surface area contributed by atoms with Gasteiger partial charge in [-0.1, -0.05) is 11.6 Å². The lowest BCUT2D eigenvalue weighted by Gasteiger charge is -2.32. The summed E-state index contributed by atoms with van der Waals surface area (Å²) in [5, 5.41) is 1.27. The van der Waals surface area contributed by atoms with Gasteiger partial charge in [0.2, 0.25) is 0 Å². The summed E-state index contributed by atoms with van der Waals surface area (Å²) in [6, 6.07) is 9.01. The third kappa shape index (κ3) is 3.60. The van der Waals surface area contributed by atoms with Crippen LogP contribution in [0.2, 0.25) is 5.02 Å². The molecule has 154 valence electrons. The van der Waals surface area contributed by atoms with E-state index < -0.39 is 0 Å². The van der Waals surface area contributed by atoms with Gasteiger partial charge in [-0.15, -0.1) is 0 Å². The third-order valence-electron chi connectivity index (χ3n) is 5.26. The molecular formula is C20H19ClN6O2S. The van der Waals surface area contributed by atoms with Gasteiger partial charge in [0.25, 0.3) is 5.91 Å². The van der Waals surface area contributed by atoms with Crippen molar-refractivity contribution in [3.63, 3.8) is 0 Å². The minimum atomic E-state index is -0.313. The zero-order valence-electron chi connectivity index (χ0n) is 16.2. The maximum absolute atomic E-state index is 13.1. The van der Waals surface area contributed by atoms with Crippen LogP contribution in [0.4, 0.5) is 0 Å². The number of nitrogens with zero attached hydrogens (tertiary/aromatic N) is 3. The molecule has 1 aliphatic rings. The van der Waals surface area contributed by atoms with E-state index in [1.165, 1.54) is 11.8 Å². The summed E-state index contributed by atoms with van der Waals surface area (Å²) in [6.45, 7) is 3.06. The van der Waals surface area contributed by atoms with Crippen LogP contribution < -0.4 is 5.69 Å². The molecule has 2 aromatic carbocycles. The Kier molecular flexibility index (Phi) is 4.80. The Morgan fingerprint density at radius 2 is 1.87 bits per heavy atom. The maximum atomic E-state index is 13.1. The molecular weight excluding hydrogens is 424 g/mol. The van der Waals surface area contributed by atoms with E-state index in [1.807, 2.05) is 24.1 Å². The average molecular weight is 443 g/mol. The average Bonchev–Trinajstić information content (AvgIpc) is 3.29. The third-order valence-corrected chi connectivity index (χ3v) is 6.42. The van der Waals surface area contributed by atoms with E-state index in [0.717, 1.165) is 29.0 Å². The monoisotopic (exact) mass is 442 g/mol. The molecule has 0 saturated carbocycles. The van der Waals surface area contributed by atoms with E-state index in [-0.39, 0.29) is 11.6 Å². The molecule has 3 N–H and O–H groups in total. The highest BCUT2D eigenvalue weighted by Gasteiger charge is 2.22. The summed E-state index contributed by atoms with van der Waals surface area (Å²) in [5.41, 5.74) is 3.11. The number of piperazine rings is 1. The molecule has 1 fully saturated rings. The Bertz CT molecular complexity index is 1320. The Labute approximate surface area is 180 Å². The summed E-state index contributed by atoms with van der Waals surface area (Å²) in [4.78, 5) is 43.2. The van der Waals surface area contributed by atoms with Crippen LogP contribution in [-0.2, 0) is 0 Å². The molecule has 3 heterocycles. The van der Waals surface area contributed by atoms with Crippen molar-refractivity contribution in [2.45, 2.75) is 10.1 Å². The van der Waals surface area contributed by atoms with Crippen molar-refractivity contribution in [2.24, 2.45) is 0 Å². The highest BCUT2D eigenvalue weighted by atomic mass is 35.5. The molecule has 4 aromatic rings. The van der Waals surface area contributed by atoms with Crippen LogP contribution in [0.5, 0.6) is 0 Å². The molecule has 0 unspecified atom stereocenters. The number of rotatable bonds is 3. The fourth-order valence-electron chi connectivity index (χ4n) is 3.61. The number of aromatic nitrogens is 4. The molecule has 5 rings (SSSR count). The summed E-state index contributed by atoms with van der Waals surface area (Å²) in [5.74, 6) is -0.0368. The van der Waals surface area contributed by atoms with Crippen molar-refractivity contribution in [3.05, 3.63) is 51.4 Å². The van der Waals surface area contributed by atoms with Crippen LogP contribution in [0.3, 0.4) is 0 Å². The predicted octanol–water partition coefficient (Wildman–Crippen LogP) is 2.92. The van der Waals surface area contributed by atoms with Gasteiger partial charge < -0.3 is 24.8 Å². The molecule has 0 spiro atoms.